The van der Waals surface area contributed by atoms with Gasteiger partial charge in [0.1, 0.15) is 0 Å². The predicted octanol–water partition coefficient (Wildman–Crippen LogP) is 4.62. The van der Waals surface area contributed by atoms with Gasteiger partial charge in [0.25, 0.3) is 5.91 Å². The number of nitrogens with zero attached hydrogens (tertiary/aromatic N) is 2. The molecule has 0 unspecified atom stereocenters. The number of carboxylic acid groups (broad SMARTS) is 1. The van der Waals surface area contributed by atoms with E-state index in [9.17, 15) is 9.59 Å². The van der Waals surface area contributed by atoms with Crippen LogP contribution in [0, 0.1) is 0 Å². The highest BCUT2D eigenvalue weighted by Gasteiger charge is 2.52. The van der Waals surface area contributed by atoms with Crippen molar-refractivity contribution in [2.45, 2.75) is 90.6 Å². The molecule has 4 N–H and O–H groups in total. The summed E-state index contributed by atoms with van der Waals surface area (Å²) < 4.78 is 23.8. The van der Waals surface area contributed by atoms with Gasteiger partial charge in [-0.05, 0) is 145 Å². The molecular weight excluding hydrogens is 670 g/mol. The average Bonchev–Trinajstić information content (AvgIpc) is 3.49. The normalized spacial score (nSPS) is 17.5. The summed E-state index contributed by atoms with van der Waals surface area (Å²) in [4.78, 5) is 30.9. The van der Waals surface area contributed by atoms with Crippen LogP contribution in [0.2, 0.25) is 0 Å². The van der Waals surface area contributed by atoms with E-state index in [1.807, 2.05) is 104 Å². The first-order valence-corrected chi connectivity index (χ1v) is 17.9. The summed E-state index contributed by atoms with van der Waals surface area (Å²) in [7, 11) is -0.860. The molecule has 2 aromatic carbocycles. The van der Waals surface area contributed by atoms with Crippen LogP contribution in [0.4, 0.5) is 0 Å². The molecule has 0 saturated carbocycles. The molecule has 6 rings (SSSR count). The Kier molecular flexibility index (Phi) is 13.8. The van der Waals surface area contributed by atoms with E-state index in [-0.39, 0.29) is 33.9 Å². The first-order chi connectivity index (χ1) is 24.9. The smallest absolute Gasteiger partial charge is 0.478 e. The molecule has 2 aliphatic rings. The summed E-state index contributed by atoms with van der Waals surface area (Å²) in [6.45, 7) is 17.3. The van der Waals surface area contributed by atoms with Gasteiger partial charge in [0.2, 0.25) is 0 Å². The molecule has 0 aliphatic carbocycles. The van der Waals surface area contributed by atoms with Gasteiger partial charge in [0.15, 0.2) is 0 Å². The fourth-order valence-corrected chi connectivity index (χ4v) is 5.22. The summed E-state index contributed by atoms with van der Waals surface area (Å²) in [5.74, 6) is -1.02. The maximum absolute atomic E-state index is 12.3. The molecule has 13 heteroatoms. The number of rotatable bonds is 9. The van der Waals surface area contributed by atoms with Gasteiger partial charge < -0.3 is 34.8 Å². The molecule has 0 spiro atoms. The number of hydrogen-bond acceptors (Lipinski definition) is 9. The fraction of sp³-hybridized carbons (Fsp3) is 0.400. The van der Waals surface area contributed by atoms with Crippen LogP contribution in [0.1, 0.15) is 87.2 Å². The van der Waals surface area contributed by atoms with Crippen LogP contribution in [0.5, 0.6) is 0 Å². The first kappa shape index (κ1) is 41.4. The number of carbonyl (C=O) groups excluding carboxylic acids is 1. The highest BCUT2D eigenvalue weighted by molar-refractivity contribution is 6.62. The first-order valence-electron chi connectivity index (χ1n) is 17.9. The number of hydrogen-bond donors (Lipinski definition) is 3. The van der Waals surface area contributed by atoms with E-state index in [1.54, 1.807) is 49.1 Å². The molecule has 4 aromatic rings. The molecule has 1 amide bonds. The van der Waals surface area contributed by atoms with Crippen LogP contribution in [0.3, 0.4) is 0 Å². The predicted molar refractivity (Wildman–Crippen MR) is 209 cm³/mol. The second-order valence-electron chi connectivity index (χ2n) is 15.0. The molecule has 4 heterocycles. The summed E-state index contributed by atoms with van der Waals surface area (Å²) in [6, 6.07) is 21.8. The lowest BCUT2D eigenvalue weighted by atomic mass is 9.79. The third kappa shape index (κ3) is 11.1. The zero-order valence-electron chi connectivity index (χ0n) is 32.1. The SMILES string of the molecule is CC1(C)OB(c2ccc(C(=O)NCCc3ccncc3)cc2)OC1(C)C.CC1(C)OB(c2ccc(C(=O)O)cc2)OC1(C)C.NCCc1ccncc1. The fourth-order valence-electron chi connectivity index (χ4n) is 5.22. The Morgan fingerprint density at radius 3 is 1.32 bits per heavy atom. The molecule has 280 valence electrons. The Bertz CT molecular complexity index is 1740. The third-order valence-corrected chi connectivity index (χ3v) is 10.0. The van der Waals surface area contributed by atoms with E-state index >= 15 is 0 Å². The number of carbonyl (C=O) groups is 2. The van der Waals surface area contributed by atoms with Crippen molar-refractivity contribution in [1.82, 2.24) is 15.3 Å². The molecule has 11 nitrogen and oxygen atoms in total. The number of pyridine rings is 2. The van der Waals surface area contributed by atoms with Crippen LogP contribution < -0.4 is 22.0 Å². The lowest BCUT2D eigenvalue weighted by molar-refractivity contribution is 0.00578. The van der Waals surface area contributed by atoms with Crippen molar-refractivity contribution in [3.05, 3.63) is 120 Å². The van der Waals surface area contributed by atoms with Crippen LogP contribution in [0.15, 0.2) is 97.6 Å². The minimum absolute atomic E-state index is 0.0838. The van der Waals surface area contributed by atoms with Gasteiger partial charge in [-0.25, -0.2) is 4.79 Å². The maximum Gasteiger partial charge on any atom is 0.494 e. The number of benzene rings is 2. The van der Waals surface area contributed by atoms with Crippen molar-refractivity contribution in [3.63, 3.8) is 0 Å². The summed E-state index contributed by atoms with van der Waals surface area (Å²) in [5, 5.41) is 11.8. The molecule has 0 radical (unpaired) electrons. The average molecular weight is 723 g/mol. The van der Waals surface area contributed by atoms with Gasteiger partial charge >= 0.3 is 20.2 Å². The molecule has 53 heavy (non-hydrogen) atoms. The Hall–Kier alpha value is -4.39. The maximum atomic E-state index is 12.3. The quantitative estimate of drug-likeness (QED) is 0.209. The van der Waals surface area contributed by atoms with E-state index in [2.05, 4.69) is 15.3 Å². The molecule has 0 atom stereocenters. The molecule has 2 fully saturated rings. The van der Waals surface area contributed by atoms with Crippen molar-refractivity contribution in [2.75, 3.05) is 13.1 Å². The van der Waals surface area contributed by atoms with Crippen molar-refractivity contribution in [1.29, 1.82) is 0 Å². The molecule has 2 saturated heterocycles. The Morgan fingerprint density at radius 2 is 0.962 bits per heavy atom. The largest absolute Gasteiger partial charge is 0.494 e. The molecule has 2 aliphatic heterocycles. The standard InChI is InChI=1S/C20H25BN2O3.C13H17BO4.C7H10N2/c1-19(2)20(3,4)26-21(25-19)17-7-5-16(6-8-17)18(24)23-14-11-15-9-12-22-13-10-15;1-12(2)13(3,4)18-14(17-12)10-7-5-9(6-8-10)11(15)16;8-4-1-7-2-5-9-6-3-7/h5-10,12-13H,11,14H2,1-4H3,(H,23,24);5-8H,1-4H3,(H,15,16);2-3,5-6H,1,4,8H2. The Balaban J connectivity index is 0.000000200. The zero-order valence-corrected chi connectivity index (χ0v) is 32.1. The van der Waals surface area contributed by atoms with Gasteiger partial charge in [-0.1, -0.05) is 24.3 Å². The zero-order chi connectivity index (χ0) is 38.9. The minimum Gasteiger partial charge on any atom is -0.478 e. The number of nitrogens with two attached hydrogens (primary N) is 1. The number of carboxylic acids is 1. The van der Waals surface area contributed by atoms with E-state index in [0.717, 1.165) is 29.3 Å². The lowest BCUT2D eigenvalue weighted by Crippen LogP contribution is -2.41. The number of nitrogens with one attached hydrogen (secondary N) is 1. The Labute approximate surface area is 314 Å². The van der Waals surface area contributed by atoms with Crippen LogP contribution >= 0.6 is 0 Å². The van der Waals surface area contributed by atoms with E-state index in [4.69, 9.17) is 29.5 Å². The van der Waals surface area contributed by atoms with Crippen LogP contribution in [0.25, 0.3) is 0 Å². The van der Waals surface area contributed by atoms with Crippen molar-refractivity contribution in [2.24, 2.45) is 5.73 Å². The van der Waals surface area contributed by atoms with E-state index in [1.165, 1.54) is 5.56 Å². The van der Waals surface area contributed by atoms with Crippen LogP contribution in [-0.2, 0) is 31.5 Å². The molecule has 2 aromatic heterocycles. The summed E-state index contributed by atoms with van der Waals surface area (Å²) in [5.41, 5.74) is 8.86. The molecule has 0 bridgehead atoms. The van der Waals surface area contributed by atoms with Crippen LogP contribution in [-0.4, -0.2) is 76.7 Å². The number of amides is 1. The van der Waals surface area contributed by atoms with Gasteiger partial charge in [-0.2, -0.15) is 0 Å². The van der Waals surface area contributed by atoms with E-state index in [0.29, 0.717) is 18.7 Å². The monoisotopic (exact) mass is 722 g/mol. The highest BCUT2D eigenvalue weighted by atomic mass is 16.7. The molecular formula is C40H52B2N4O7. The third-order valence-electron chi connectivity index (χ3n) is 10.0. The second kappa shape index (κ2) is 17.6. The summed E-state index contributed by atoms with van der Waals surface area (Å²) in [6.07, 6.45) is 8.80. The highest BCUT2D eigenvalue weighted by Crippen LogP contribution is 2.37. The number of aromatic nitrogens is 2. The number of aromatic carboxylic acids is 1. The van der Waals surface area contributed by atoms with Gasteiger partial charge in [0, 0.05) is 36.9 Å². The van der Waals surface area contributed by atoms with Gasteiger partial charge in [-0.3, -0.25) is 14.8 Å². The minimum atomic E-state index is -0.935. The topological polar surface area (TPSA) is 155 Å². The van der Waals surface area contributed by atoms with Crippen molar-refractivity contribution in [3.8, 4) is 0 Å². The van der Waals surface area contributed by atoms with Crippen molar-refractivity contribution >= 4 is 37.0 Å². The van der Waals surface area contributed by atoms with Gasteiger partial charge in [-0.15, -0.1) is 0 Å². The van der Waals surface area contributed by atoms with E-state index < -0.39 is 20.2 Å². The lowest BCUT2D eigenvalue weighted by Gasteiger charge is -2.32. The summed E-state index contributed by atoms with van der Waals surface area (Å²) >= 11 is 0. The van der Waals surface area contributed by atoms with Gasteiger partial charge in [0.05, 0.1) is 28.0 Å². The van der Waals surface area contributed by atoms with Crippen molar-refractivity contribution < 1.29 is 33.3 Å². The Morgan fingerprint density at radius 1 is 0.604 bits per heavy atom. The second-order valence-corrected chi connectivity index (χ2v) is 15.0.